The minimum atomic E-state index is 0.616. The lowest BCUT2D eigenvalue weighted by Gasteiger charge is -2.42. The molecule has 0 radical (unpaired) electrons. The third kappa shape index (κ3) is 4.40. The molecule has 0 aromatic carbocycles. The van der Waals surface area contributed by atoms with E-state index < -0.39 is 0 Å². The minimum Gasteiger partial charge on any atom is -0.314 e. The number of hydrogen-bond donors (Lipinski definition) is 1. The Kier molecular flexibility index (Phi) is 5.73. The van der Waals surface area contributed by atoms with E-state index in [-0.39, 0.29) is 0 Å². The van der Waals surface area contributed by atoms with Crippen LogP contribution in [0.25, 0.3) is 0 Å². The van der Waals surface area contributed by atoms with Gasteiger partial charge in [-0.1, -0.05) is 13.8 Å². The summed E-state index contributed by atoms with van der Waals surface area (Å²) >= 11 is 0. The Labute approximate surface area is 101 Å². The lowest BCUT2D eigenvalue weighted by molar-refractivity contribution is 0.0594. The van der Waals surface area contributed by atoms with Gasteiger partial charge in [0.2, 0.25) is 0 Å². The zero-order valence-corrected chi connectivity index (χ0v) is 11.7. The average molecular weight is 227 g/mol. The SMILES string of the molecule is CC(C)NCCCN1CC(C)N(C)C(C)C1. The van der Waals surface area contributed by atoms with Crippen LogP contribution in [-0.4, -0.2) is 61.2 Å². The molecule has 1 rings (SSSR count). The number of piperazine rings is 1. The van der Waals surface area contributed by atoms with Gasteiger partial charge in [-0.3, -0.25) is 4.90 Å². The monoisotopic (exact) mass is 227 g/mol. The maximum absolute atomic E-state index is 3.48. The molecule has 0 aromatic rings. The number of nitrogens with one attached hydrogen (secondary N) is 1. The summed E-state index contributed by atoms with van der Waals surface area (Å²) in [4.78, 5) is 5.10. The fraction of sp³-hybridized carbons (Fsp3) is 1.00. The molecule has 1 aliphatic rings. The van der Waals surface area contributed by atoms with E-state index >= 15 is 0 Å². The van der Waals surface area contributed by atoms with Crippen LogP contribution in [0.5, 0.6) is 0 Å². The largest absolute Gasteiger partial charge is 0.314 e. The van der Waals surface area contributed by atoms with Gasteiger partial charge in [-0.05, 0) is 40.4 Å². The van der Waals surface area contributed by atoms with Crippen LogP contribution in [0, 0.1) is 0 Å². The fourth-order valence-corrected chi connectivity index (χ4v) is 2.39. The van der Waals surface area contributed by atoms with Crippen molar-refractivity contribution in [2.45, 2.75) is 52.2 Å². The van der Waals surface area contributed by atoms with Gasteiger partial charge in [0, 0.05) is 31.2 Å². The van der Waals surface area contributed by atoms with Crippen LogP contribution < -0.4 is 5.32 Å². The van der Waals surface area contributed by atoms with Crippen molar-refractivity contribution in [2.24, 2.45) is 0 Å². The van der Waals surface area contributed by atoms with Gasteiger partial charge < -0.3 is 10.2 Å². The Morgan fingerprint density at radius 2 is 1.75 bits per heavy atom. The highest BCUT2D eigenvalue weighted by Crippen LogP contribution is 2.13. The van der Waals surface area contributed by atoms with E-state index in [0.29, 0.717) is 18.1 Å². The van der Waals surface area contributed by atoms with E-state index in [1.807, 2.05) is 0 Å². The van der Waals surface area contributed by atoms with Crippen molar-refractivity contribution in [1.82, 2.24) is 15.1 Å². The zero-order chi connectivity index (χ0) is 12.1. The van der Waals surface area contributed by atoms with E-state index in [0.717, 1.165) is 6.54 Å². The van der Waals surface area contributed by atoms with Crippen molar-refractivity contribution < 1.29 is 0 Å². The van der Waals surface area contributed by atoms with E-state index in [2.05, 4.69) is 49.9 Å². The molecule has 0 spiro atoms. The molecule has 1 fully saturated rings. The zero-order valence-electron chi connectivity index (χ0n) is 11.7. The van der Waals surface area contributed by atoms with Crippen LogP contribution in [0.4, 0.5) is 0 Å². The summed E-state index contributed by atoms with van der Waals surface area (Å²) in [6.07, 6.45) is 1.27. The summed E-state index contributed by atoms with van der Waals surface area (Å²) in [5.41, 5.74) is 0. The van der Waals surface area contributed by atoms with Gasteiger partial charge in [0.25, 0.3) is 0 Å². The third-order valence-electron chi connectivity index (χ3n) is 3.64. The Balaban J connectivity index is 2.18. The first-order valence-electron chi connectivity index (χ1n) is 6.68. The number of hydrogen-bond acceptors (Lipinski definition) is 3. The van der Waals surface area contributed by atoms with Crippen molar-refractivity contribution >= 4 is 0 Å². The summed E-state index contributed by atoms with van der Waals surface area (Å²) in [7, 11) is 2.24. The maximum atomic E-state index is 3.48. The molecule has 16 heavy (non-hydrogen) atoms. The van der Waals surface area contributed by atoms with E-state index in [1.54, 1.807) is 0 Å². The van der Waals surface area contributed by atoms with Crippen LogP contribution >= 0.6 is 0 Å². The van der Waals surface area contributed by atoms with Gasteiger partial charge >= 0.3 is 0 Å². The van der Waals surface area contributed by atoms with Gasteiger partial charge in [0.05, 0.1) is 0 Å². The van der Waals surface area contributed by atoms with Crippen molar-refractivity contribution in [3.63, 3.8) is 0 Å². The average Bonchev–Trinajstić information content (AvgIpc) is 2.20. The number of rotatable bonds is 5. The van der Waals surface area contributed by atoms with Crippen molar-refractivity contribution in [2.75, 3.05) is 33.2 Å². The van der Waals surface area contributed by atoms with E-state index in [9.17, 15) is 0 Å². The molecule has 1 N–H and O–H groups in total. The first-order valence-corrected chi connectivity index (χ1v) is 6.68. The molecule has 3 heteroatoms. The minimum absolute atomic E-state index is 0.616. The maximum Gasteiger partial charge on any atom is 0.0195 e. The molecule has 0 amide bonds. The second-order valence-corrected chi connectivity index (χ2v) is 5.59. The second-order valence-electron chi connectivity index (χ2n) is 5.59. The molecule has 96 valence electrons. The summed E-state index contributed by atoms with van der Waals surface area (Å²) in [5.74, 6) is 0. The Morgan fingerprint density at radius 3 is 2.25 bits per heavy atom. The number of likely N-dealkylation sites (N-methyl/N-ethyl adjacent to an activating group) is 1. The molecule has 0 aliphatic carbocycles. The summed E-state index contributed by atoms with van der Waals surface area (Å²) in [5, 5.41) is 3.48. The van der Waals surface area contributed by atoms with Crippen LogP contribution in [-0.2, 0) is 0 Å². The highest BCUT2D eigenvalue weighted by Gasteiger charge is 2.25. The molecule has 2 atom stereocenters. The van der Waals surface area contributed by atoms with Crippen molar-refractivity contribution in [3.8, 4) is 0 Å². The molecule has 2 unspecified atom stereocenters. The highest BCUT2D eigenvalue weighted by molar-refractivity contribution is 4.82. The summed E-state index contributed by atoms with van der Waals surface area (Å²) < 4.78 is 0. The van der Waals surface area contributed by atoms with Gasteiger partial charge in [0.1, 0.15) is 0 Å². The molecule has 3 nitrogen and oxygen atoms in total. The first kappa shape index (κ1) is 13.9. The highest BCUT2D eigenvalue weighted by atomic mass is 15.3. The van der Waals surface area contributed by atoms with Gasteiger partial charge in [-0.15, -0.1) is 0 Å². The topological polar surface area (TPSA) is 18.5 Å². The molecule has 0 aromatic heterocycles. The lowest BCUT2D eigenvalue weighted by Crippen LogP contribution is -2.55. The number of nitrogens with zero attached hydrogens (tertiary/aromatic N) is 2. The molecule has 0 saturated carbocycles. The van der Waals surface area contributed by atoms with Crippen molar-refractivity contribution in [1.29, 1.82) is 0 Å². The standard InChI is InChI=1S/C13H29N3/c1-11(2)14-7-6-8-16-9-12(3)15(5)13(4)10-16/h11-14H,6-10H2,1-5H3. The Bertz CT molecular complexity index is 182. The molecule has 1 heterocycles. The first-order chi connectivity index (χ1) is 7.50. The summed E-state index contributed by atoms with van der Waals surface area (Å²) in [6, 6.07) is 2.01. The van der Waals surface area contributed by atoms with Gasteiger partial charge in [-0.2, -0.15) is 0 Å². The van der Waals surface area contributed by atoms with E-state index in [1.165, 1.54) is 26.1 Å². The quantitative estimate of drug-likeness (QED) is 0.716. The van der Waals surface area contributed by atoms with Crippen LogP contribution in [0.1, 0.15) is 34.1 Å². The van der Waals surface area contributed by atoms with Gasteiger partial charge in [-0.25, -0.2) is 0 Å². The third-order valence-corrected chi connectivity index (χ3v) is 3.64. The van der Waals surface area contributed by atoms with Crippen LogP contribution in [0.3, 0.4) is 0 Å². The second kappa shape index (κ2) is 6.58. The smallest absolute Gasteiger partial charge is 0.0195 e. The molecule has 0 bridgehead atoms. The fourth-order valence-electron chi connectivity index (χ4n) is 2.39. The van der Waals surface area contributed by atoms with Gasteiger partial charge in [0.15, 0.2) is 0 Å². The van der Waals surface area contributed by atoms with Crippen LogP contribution in [0.15, 0.2) is 0 Å². The predicted molar refractivity (Wildman–Crippen MR) is 70.9 cm³/mol. The molecular formula is C13H29N3. The van der Waals surface area contributed by atoms with E-state index in [4.69, 9.17) is 0 Å². The summed E-state index contributed by atoms with van der Waals surface area (Å²) in [6.45, 7) is 13.9. The molecular weight excluding hydrogens is 198 g/mol. The van der Waals surface area contributed by atoms with Crippen LogP contribution in [0.2, 0.25) is 0 Å². The molecule has 1 saturated heterocycles. The Hall–Kier alpha value is -0.120. The molecule has 1 aliphatic heterocycles. The van der Waals surface area contributed by atoms with Crippen molar-refractivity contribution in [3.05, 3.63) is 0 Å². The predicted octanol–water partition coefficient (Wildman–Crippen LogP) is 1.40. The Morgan fingerprint density at radius 1 is 1.19 bits per heavy atom. The normalized spacial score (nSPS) is 28.9. The lowest BCUT2D eigenvalue weighted by atomic mass is 10.1.